The molecular weight excluding hydrogens is 227 g/mol. The topological polar surface area (TPSA) is 24.9 Å². The highest BCUT2D eigenvalue weighted by molar-refractivity contribution is 5.92. The first-order valence-corrected chi connectivity index (χ1v) is 6.28. The highest BCUT2D eigenvalue weighted by atomic mass is 19.1. The number of nitrogens with zero attached hydrogens (tertiary/aromatic N) is 1. The summed E-state index contributed by atoms with van der Waals surface area (Å²) in [5.41, 5.74) is 3.25. The van der Waals surface area contributed by atoms with Crippen molar-refractivity contribution in [2.45, 2.75) is 27.2 Å². The van der Waals surface area contributed by atoms with Crippen molar-refractivity contribution >= 4 is 16.6 Å². The van der Waals surface area contributed by atoms with Crippen molar-refractivity contribution in [3.05, 3.63) is 35.3 Å². The summed E-state index contributed by atoms with van der Waals surface area (Å²) < 4.78 is 14.0. The fourth-order valence-electron chi connectivity index (χ4n) is 2.20. The van der Waals surface area contributed by atoms with Gasteiger partial charge in [-0.2, -0.15) is 0 Å². The van der Waals surface area contributed by atoms with Gasteiger partial charge in [0.1, 0.15) is 11.3 Å². The fraction of sp³-hybridized carbons (Fsp3) is 0.400. The van der Waals surface area contributed by atoms with Gasteiger partial charge in [-0.1, -0.05) is 13.8 Å². The van der Waals surface area contributed by atoms with Crippen molar-refractivity contribution in [2.75, 3.05) is 12.4 Å². The lowest BCUT2D eigenvalue weighted by Gasteiger charge is -2.12. The number of anilines is 1. The number of halogens is 1. The van der Waals surface area contributed by atoms with E-state index in [1.165, 1.54) is 6.07 Å². The Balaban J connectivity index is 2.67. The molecule has 0 radical (unpaired) electrons. The molecule has 1 aromatic heterocycles. The van der Waals surface area contributed by atoms with Gasteiger partial charge in [-0.25, -0.2) is 9.37 Å². The van der Waals surface area contributed by atoms with E-state index >= 15 is 0 Å². The van der Waals surface area contributed by atoms with Crippen molar-refractivity contribution < 1.29 is 4.39 Å². The zero-order chi connectivity index (χ0) is 13.3. The number of fused-ring (bicyclic) bond motifs is 1. The Morgan fingerprint density at radius 3 is 2.61 bits per heavy atom. The van der Waals surface area contributed by atoms with Gasteiger partial charge in [0.15, 0.2) is 0 Å². The van der Waals surface area contributed by atoms with Gasteiger partial charge in [0, 0.05) is 23.8 Å². The van der Waals surface area contributed by atoms with Crippen LogP contribution in [0.1, 0.15) is 25.1 Å². The summed E-state index contributed by atoms with van der Waals surface area (Å²) in [6, 6.07) is 5.52. The van der Waals surface area contributed by atoms with Gasteiger partial charge < -0.3 is 5.32 Å². The Morgan fingerprint density at radius 1 is 1.28 bits per heavy atom. The second kappa shape index (κ2) is 4.92. The van der Waals surface area contributed by atoms with Gasteiger partial charge in [0.2, 0.25) is 0 Å². The molecule has 0 spiro atoms. The molecule has 3 heteroatoms. The molecule has 2 nitrogen and oxygen atoms in total. The molecule has 18 heavy (non-hydrogen) atoms. The maximum atomic E-state index is 14.0. The molecule has 1 N–H and O–H groups in total. The summed E-state index contributed by atoms with van der Waals surface area (Å²) >= 11 is 0. The Bertz CT molecular complexity index is 576. The van der Waals surface area contributed by atoms with E-state index in [9.17, 15) is 4.39 Å². The van der Waals surface area contributed by atoms with Crippen LogP contribution in [0.5, 0.6) is 0 Å². The highest BCUT2D eigenvalue weighted by Gasteiger charge is 2.10. The maximum absolute atomic E-state index is 14.0. The van der Waals surface area contributed by atoms with E-state index in [0.29, 0.717) is 11.4 Å². The Morgan fingerprint density at radius 2 is 2.00 bits per heavy atom. The van der Waals surface area contributed by atoms with Crippen molar-refractivity contribution in [1.82, 2.24) is 4.98 Å². The van der Waals surface area contributed by atoms with Crippen LogP contribution in [0.25, 0.3) is 10.9 Å². The second-order valence-corrected chi connectivity index (χ2v) is 5.15. The van der Waals surface area contributed by atoms with Gasteiger partial charge in [-0.15, -0.1) is 0 Å². The summed E-state index contributed by atoms with van der Waals surface area (Å²) in [7, 11) is 1.86. The van der Waals surface area contributed by atoms with Crippen LogP contribution in [0.4, 0.5) is 10.1 Å². The van der Waals surface area contributed by atoms with Crippen LogP contribution in [0.3, 0.4) is 0 Å². The van der Waals surface area contributed by atoms with Gasteiger partial charge >= 0.3 is 0 Å². The van der Waals surface area contributed by atoms with Crippen molar-refractivity contribution in [1.29, 1.82) is 0 Å². The molecule has 0 fully saturated rings. The predicted molar refractivity (Wildman–Crippen MR) is 74.5 cm³/mol. The number of pyridine rings is 1. The lowest BCUT2D eigenvalue weighted by atomic mass is 10.0. The summed E-state index contributed by atoms with van der Waals surface area (Å²) in [6.45, 7) is 6.16. The van der Waals surface area contributed by atoms with Crippen LogP contribution >= 0.6 is 0 Å². The van der Waals surface area contributed by atoms with Crippen LogP contribution in [0.15, 0.2) is 18.2 Å². The molecule has 0 aliphatic carbocycles. The SMILES string of the molecule is CNc1cc(CC(C)C)nc2c(F)cc(C)cc12. The molecular formula is C15H19FN2. The normalized spacial score (nSPS) is 11.2. The van der Waals surface area contributed by atoms with E-state index in [-0.39, 0.29) is 5.82 Å². The summed E-state index contributed by atoms with van der Waals surface area (Å²) in [6.07, 6.45) is 0.859. The van der Waals surface area contributed by atoms with Crippen LogP contribution < -0.4 is 5.32 Å². The first-order chi connectivity index (χ1) is 8.51. The van der Waals surface area contributed by atoms with E-state index in [1.807, 2.05) is 26.1 Å². The van der Waals surface area contributed by atoms with E-state index in [0.717, 1.165) is 28.8 Å². The molecule has 0 saturated heterocycles. The van der Waals surface area contributed by atoms with E-state index in [2.05, 4.69) is 24.1 Å². The van der Waals surface area contributed by atoms with E-state index in [1.54, 1.807) is 0 Å². The van der Waals surface area contributed by atoms with Crippen molar-refractivity contribution in [3.63, 3.8) is 0 Å². The van der Waals surface area contributed by atoms with Crippen LogP contribution in [-0.2, 0) is 6.42 Å². The third-order valence-corrected chi connectivity index (χ3v) is 2.95. The number of aromatic nitrogens is 1. The first-order valence-electron chi connectivity index (χ1n) is 6.28. The van der Waals surface area contributed by atoms with Crippen LogP contribution in [-0.4, -0.2) is 12.0 Å². The minimum absolute atomic E-state index is 0.243. The van der Waals surface area contributed by atoms with Gasteiger partial charge in [0.05, 0.1) is 0 Å². The lowest BCUT2D eigenvalue weighted by Crippen LogP contribution is -2.02. The number of benzene rings is 1. The quantitative estimate of drug-likeness (QED) is 0.887. The second-order valence-electron chi connectivity index (χ2n) is 5.15. The molecule has 0 aliphatic heterocycles. The molecule has 96 valence electrons. The molecule has 0 bridgehead atoms. The van der Waals surface area contributed by atoms with Gasteiger partial charge in [-0.05, 0) is 43.0 Å². The average Bonchev–Trinajstić information content (AvgIpc) is 2.28. The Labute approximate surface area is 107 Å². The standard InChI is InChI=1S/C15H19FN2/c1-9(2)5-11-8-14(17-4)12-6-10(3)7-13(16)15(12)18-11/h6-9H,5H2,1-4H3,(H,17,18). The molecule has 0 saturated carbocycles. The summed E-state index contributed by atoms with van der Waals surface area (Å²) in [4.78, 5) is 4.45. The third kappa shape index (κ3) is 2.45. The minimum Gasteiger partial charge on any atom is -0.388 e. The molecule has 0 amide bonds. The summed E-state index contributed by atoms with van der Waals surface area (Å²) in [5.74, 6) is 0.264. The fourth-order valence-corrected chi connectivity index (χ4v) is 2.20. The van der Waals surface area contributed by atoms with Gasteiger partial charge in [-0.3, -0.25) is 0 Å². The molecule has 2 aromatic rings. The van der Waals surface area contributed by atoms with Crippen molar-refractivity contribution in [3.8, 4) is 0 Å². The largest absolute Gasteiger partial charge is 0.388 e. The van der Waals surface area contributed by atoms with Crippen LogP contribution in [0, 0.1) is 18.7 Å². The van der Waals surface area contributed by atoms with Crippen molar-refractivity contribution in [2.24, 2.45) is 5.92 Å². The predicted octanol–water partition coefficient (Wildman–Crippen LogP) is 3.92. The molecule has 2 rings (SSSR count). The maximum Gasteiger partial charge on any atom is 0.149 e. The zero-order valence-electron chi connectivity index (χ0n) is 11.3. The Kier molecular flexibility index (Phi) is 3.50. The molecule has 0 atom stereocenters. The Hall–Kier alpha value is -1.64. The third-order valence-electron chi connectivity index (χ3n) is 2.95. The monoisotopic (exact) mass is 246 g/mol. The molecule has 0 aliphatic rings. The zero-order valence-corrected chi connectivity index (χ0v) is 11.3. The number of nitrogens with one attached hydrogen (secondary N) is 1. The highest BCUT2D eigenvalue weighted by Crippen LogP contribution is 2.27. The molecule has 0 unspecified atom stereocenters. The number of hydrogen-bond donors (Lipinski definition) is 1. The summed E-state index contributed by atoms with van der Waals surface area (Å²) in [5, 5.41) is 3.98. The van der Waals surface area contributed by atoms with E-state index in [4.69, 9.17) is 0 Å². The van der Waals surface area contributed by atoms with Gasteiger partial charge in [0.25, 0.3) is 0 Å². The smallest absolute Gasteiger partial charge is 0.149 e. The molecule has 1 aromatic carbocycles. The molecule has 1 heterocycles. The number of rotatable bonds is 3. The lowest BCUT2D eigenvalue weighted by molar-refractivity contribution is 0.625. The van der Waals surface area contributed by atoms with Crippen LogP contribution in [0.2, 0.25) is 0 Å². The number of hydrogen-bond acceptors (Lipinski definition) is 2. The average molecular weight is 246 g/mol. The first kappa shape index (κ1) is 12.8. The van der Waals surface area contributed by atoms with E-state index < -0.39 is 0 Å². The minimum atomic E-state index is -0.243. The number of aryl methyl sites for hydroxylation is 1.